The van der Waals surface area contributed by atoms with Crippen molar-refractivity contribution in [1.29, 1.82) is 0 Å². The summed E-state index contributed by atoms with van der Waals surface area (Å²) in [7, 11) is 0. The van der Waals surface area contributed by atoms with E-state index >= 15 is 0 Å². The van der Waals surface area contributed by atoms with Gasteiger partial charge in [-0.15, -0.1) is 0 Å². The molecule has 3 nitrogen and oxygen atoms in total. The van der Waals surface area contributed by atoms with E-state index in [2.05, 4.69) is 5.10 Å². The van der Waals surface area contributed by atoms with E-state index in [0.717, 1.165) is 16.9 Å². The lowest BCUT2D eigenvalue weighted by Gasteiger charge is -2.02. The van der Waals surface area contributed by atoms with Gasteiger partial charge in [0.1, 0.15) is 0 Å². The van der Waals surface area contributed by atoms with Gasteiger partial charge >= 0.3 is 0 Å². The molecule has 2 aromatic rings. The van der Waals surface area contributed by atoms with E-state index in [1.54, 1.807) is 10.9 Å². The number of aryl methyl sites for hydroxylation is 1. The molecule has 0 saturated carbocycles. The molecule has 1 aromatic carbocycles. The molecule has 4 heteroatoms. The third-order valence-corrected chi connectivity index (χ3v) is 2.65. The first-order valence-electron chi connectivity index (χ1n) is 4.72. The standard InChI is InChI=1S/C11H12ClN3/c1-8-11(12)7-15(14-8)10-4-2-9(6-13)3-5-10/h2-5,7H,6,13H2,1H3. The van der Waals surface area contributed by atoms with E-state index in [9.17, 15) is 0 Å². The molecule has 0 aliphatic heterocycles. The normalized spacial score (nSPS) is 10.6. The van der Waals surface area contributed by atoms with Gasteiger partial charge in [-0.05, 0) is 24.6 Å². The minimum Gasteiger partial charge on any atom is -0.326 e. The first-order chi connectivity index (χ1) is 7.20. The molecule has 0 spiro atoms. The predicted molar refractivity (Wildman–Crippen MR) is 61.2 cm³/mol. The Balaban J connectivity index is 2.37. The maximum absolute atomic E-state index is 5.93. The number of halogens is 1. The fraction of sp³-hybridized carbons (Fsp3) is 0.182. The molecular formula is C11H12ClN3. The maximum atomic E-state index is 5.93. The van der Waals surface area contributed by atoms with Crippen LogP contribution in [-0.4, -0.2) is 9.78 Å². The number of aromatic nitrogens is 2. The monoisotopic (exact) mass is 221 g/mol. The van der Waals surface area contributed by atoms with Gasteiger partial charge in [0.2, 0.25) is 0 Å². The highest BCUT2D eigenvalue weighted by Gasteiger charge is 2.03. The molecule has 78 valence electrons. The minimum atomic E-state index is 0.555. The van der Waals surface area contributed by atoms with Crippen LogP contribution in [0.1, 0.15) is 11.3 Å². The van der Waals surface area contributed by atoms with Crippen LogP contribution in [0, 0.1) is 6.92 Å². The van der Waals surface area contributed by atoms with Gasteiger partial charge in [0, 0.05) is 12.7 Å². The summed E-state index contributed by atoms with van der Waals surface area (Å²) in [6.45, 7) is 2.44. The molecule has 2 rings (SSSR count). The molecule has 0 atom stereocenters. The molecular weight excluding hydrogens is 210 g/mol. The smallest absolute Gasteiger partial charge is 0.0819 e. The van der Waals surface area contributed by atoms with Gasteiger partial charge in [-0.2, -0.15) is 5.10 Å². The summed E-state index contributed by atoms with van der Waals surface area (Å²) in [6, 6.07) is 7.93. The Labute approximate surface area is 93.5 Å². The topological polar surface area (TPSA) is 43.8 Å². The summed E-state index contributed by atoms with van der Waals surface area (Å²) in [5.41, 5.74) is 8.45. The highest BCUT2D eigenvalue weighted by Crippen LogP contribution is 2.16. The van der Waals surface area contributed by atoms with E-state index in [1.165, 1.54) is 0 Å². The van der Waals surface area contributed by atoms with Gasteiger partial charge in [0.15, 0.2) is 0 Å². The van der Waals surface area contributed by atoms with Crippen LogP contribution in [0.3, 0.4) is 0 Å². The zero-order valence-corrected chi connectivity index (χ0v) is 9.20. The molecule has 0 aliphatic carbocycles. The fourth-order valence-electron chi connectivity index (χ4n) is 1.36. The lowest BCUT2D eigenvalue weighted by Crippen LogP contribution is -1.98. The van der Waals surface area contributed by atoms with Gasteiger partial charge in [-0.3, -0.25) is 0 Å². The molecule has 0 fully saturated rings. The van der Waals surface area contributed by atoms with Gasteiger partial charge in [0.25, 0.3) is 0 Å². The first-order valence-corrected chi connectivity index (χ1v) is 5.09. The van der Waals surface area contributed by atoms with Crippen LogP contribution in [-0.2, 0) is 6.54 Å². The molecule has 0 saturated heterocycles. The second-order valence-electron chi connectivity index (χ2n) is 3.38. The van der Waals surface area contributed by atoms with Crippen molar-refractivity contribution in [2.75, 3.05) is 0 Å². The summed E-state index contributed by atoms with van der Waals surface area (Å²) in [4.78, 5) is 0. The summed E-state index contributed by atoms with van der Waals surface area (Å²) in [5, 5.41) is 4.97. The summed E-state index contributed by atoms with van der Waals surface area (Å²) in [5.74, 6) is 0. The minimum absolute atomic E-state index is 0.555. The lowest BCUT2D eigenvalue weighted by molar-refractivity contribution is 0.861. The van der Waals surface area contributed by atoms with Crippen molar-refractivity contribution in [2.45, 2.75) is 13.5 Å². The second-order valence-corrected chi connectivity index (χ2v) is 3.78. The molecule has 1 heterocycles. The highest BCUT2D eigenvalue weighted by molar-refractivity contribution is 6.31. The van der Waals surface area contributed by atoms with E-state index in [0.29, 0.717) is 11.6 Å². The molecule has 15 heavy (non-hydrogen) atoms. The summed E-state index contributed by atoms with van der Waals surface area (Å²) in [6.07, 6.45) is 1.80. The number of hydrogen-bond donors (Lipinski definition) is 1. The Bertz CT molecular complexity index is 440. The summed E-state index contributed by atoms with van der Waals surface area (Å²) >= 11 is 5.93. The predicted octanol–water partition coefficient (Wildman–Crippen LogP) is 2.29. The van der Waals surface area contributed by atoms with Crippen LogP contribution in [0.25, 0.3) is 5.69 Å². The molecule has 1 aromatic heterocycles. The van der Waals surface area contributed by atoms with Gasteiger partial charge in [-0.25, -0.2) is 4.68 Å². The third kappa shape index (κ3) is 2.03. The van der Waals surface area contributed by atoms with Gasteiger partial charge in [0.05, 0.1) is 16.4 Å². The van der Waals surface area contributed by atoms with Crippen molar-refractivity contribution in [3.05, 3.63) is 46.7 Å². The number of nitrogens with zero attached hydrogens (tertiary/aromatic N) is 2. The Kier molecular flexibility index (Phi) is 2.75. The van der Waals surface area contributed by atoms with Crippen molar-refractivity contribution < 1.29 is 0 Å². The van der Waals surface area contributed by atoms with Gasteiger partial charge in [-0.1, -0.05) is 23.7 Å². The molecule has 0 aliphatic rings. The van der Waals surface area contributed by atoms with E-state index < -0.39 is 0 Å². The number of benzene rings is 1. The molecule has 0 bridgehead atoms. The van der Waals surface area contributed by atoms with Crippen molar-refractivity contribution in [3.8, 4) is 5.69 Å². The zero-order valence-electron chi connectivity index (χ0n) is 8.44. The van der Waals surface area contributed by atoms with E-state index in [1.807, 2.05) is 31.2 Å². The lowest BCUT2D eigenvalue weighted by atomic mass is 10.2. The van der Waals surface area contributed by atoms with Crippen molar-refractivity contribution in [2.24, 2.45) is 5.73 Å². The van der Waals surface area contributed by atoms with E-state index in [-0.39, 0.29) is 0 Å². The Morgan fingerprint density at radius 1 is 1.33 bits per heavy atom. The maximum Gasteiger partial charge on any atom is 0.0819 e. The second kappa shape index (κ2) is 4.04. The van der Waals surface area contributed by atoms with Crippen molar-refractivity contribution >= 4 is 11.6 Å². The van der Waals surface area contributed by atoms with Crippen molar-refractivity contribution in [3.63, 3.8) is 0 Å². The van der Waals surface area contributed by atoms with Crippen LogP contribution in [0.5, 0.6) is 0 Å². The average Bonchev–Trinajstić information content (AvgIpc) is 2.59. The van der Waals surface area contributed by atoms with Crippen LogP contribution >= 0.6 is 11.6 Å². The molecule has 0 amide bonds. The number of rotatable bonds is 2. The molecule has 2 N–H and O–H groups in total. The number of nitrogens with two attached hydrogens (primary N) is 1. The Hall–Kier alpha value is -1.32. The van der Waals surface area contributed by atoms with Crippen LogP contribution in [0.2, 0.25) is 5.02 Å². The number of hydrogen-bond acceptors (Lipinski definition) is 2. The van der Waals surface area contributed by atoms with Crippen LogP contribution in [0.15, 0.2) is 30.5 Å². The Morgan fingerprint density at radius 2 is 2.00 bits per heavy atom. The largest absolute Gasteiger partial charge is 0.326 e. The van der Waals surface area contributed by atoms with Crippen LogP contribution < -0.4 is 5.73 Å². The highest BCUT2D eigenvalue weighted by atomic mass is 35.5. The molecule has 0 radical (unpaired) electrons. The zero-order chi connectivity index (χ0) is 10.8. The molecule has 0 unspecified atom stereocenters. The van der Waals surface area contributed by atoms with Crippen molar-refractivity contribution in [1.82, 2.24) is 9.78 Å². The Morgan fingerprint density at radius 3 is 2.47 bits per heavy atom. The van der Waals surface area contributed by atoms with E-state index in [4.69, 9.17) is 17.3 Å². The summed E-state index contributed by atoms with van der Waals surface area (Å²) < 4.78 is 1.76. The van der Waals surface area contributed by atoms with Crippen LogP contribution in [0.4, 0.5) is 0 Å². The van der Waals surface area contributed by atoms with Gasteiger partial charge < -0.3 is 5.73 Å². The SMILES string of the molecule is Cc1nn(-c2ccc(CN)cc2)cc1Cl. The average molecular weight is 222 g/mol. The third-order valence-electron chi connectivity index (χ3n) is 2.28. The quantitative estimate of drug-likeness (QED) is 0.846. The first kappa shape index (κ1) is 10.2. The fourth-order valence-corrected chi connectivity index (χ4v) is 1.49.